The van der Waals surface area contributed by atoms with Crippen LogP contribution >= 0.6 is 0 Å². The van der Waals surface area contributed by atoms with Gasteiger partial charge in [0, 0.05) is 55.4 Å². The maximum atomic E-state index is 5.22. The highest BCUT2D eigenvalue weighted by atomic mass is 15.4. The first-order valence-electron chi connectivity index (χ1n) is 21.9. The number of fused-ring (bicyclic) bond motifs is 8. The summed E-state index contributed by atoms with van der Waals surface area (Å²) in [6.45, 7) is 0. The summed E-state index contributed by atoms with van der Waals surface area (Å²) in [6, 6.07) is 70.0. The number of nitrogens with one attached hydrogen (secondary N) is 1. The van der Waals surface area contributed by atoms with Crippen LogP contribution < -0.4 is 5.32 Å². The van der Waals surface area contributed by atoms with Crippen molar-refractivity contribution in [1.82, 2.24) is 44.0 Å². The second-order valence-corrected chi connectivity index (χ2v) is 16.3. The molecule has 13 rings (SSSR count). The fraction of sp³-hybridized carbons (Fsp3) is 0.0179. The lowest BCUT2D eigenvalue weighted by Gasteiger charge is -2.32. The SMILES string of the molecule is c1ccc(-c2nc(-c3ccccc3)nc(-c3ccc4c(c3)c3cc(-c5nc(-c6ccccc6)nc(-c6ccccc6)n5)ccc3n4C3Nc4ccccc4-c4nc5ccccc5n43)n2)cc1. The van der Waals surface area contributed by atoms with Crippen LogP contribution in [0.15, 0.2) is 206 Å². The molecule has 8 aromatic carbocycles. The van der Waals surface area contributed by atoms with Crippen molar-refractivity contribution >= 4 is 38.5 Å². The molecular weight excluding hydrogens is 813 g/mol. The minimum absolute atomic E-state index is 0.378. The number of para-hydroxylation sites is 3. The lowest BCUT2D eigenvalue weighted by atomic mass is 10.1. The molecule has 0 radical (unpaired) electrons. The van der Waals surface area contributed by atoms with Crippen molar-refractivity contribution in [2.45, 2.75) is 6.29 Å². The number of hydrogen-bond donors (Lipinski definition) is 1. The topological polar surface area (TPSA) is 112 Å². The largest absolute Gasteiger partial charge is 0.347 e. The number of aromatic nitrogens is 9. The summed E-state index contributed by atoms with van der Waals surface area (Å²) in [5.74, 6) is 4.47. The van der Waals surface area contributed by atoms with Gasteiger partial charge in [0.25, 0.3) is 0 Å². The predicted molar refractivity (Wildman–Crippen MR) is 262 cm³/mol. The molecule has 4 aromatic heterocycles. The maximum Gasteiger partial charge on any atom is 0.188 e. The molecule has 0 amide bonds. The third-order valence-electron chi connectivity index (χ3n) is 12.3. The fourth-order valence-corrected chi connectivity index (χ4v) is 9.14. The molecule has 0 spiro atoms. The van der Waals surface area contributed by atoms with E-state index in [0.29, 0.717) is 34.9 Å². The standard InChI is InChI=1S/C56H36N10/c1-5-17-35(18-6-1)49-59-50(36-19-7-2-8-20-36)62-53(61-49)39-29-31-46-42(33-39)43-34-40(54-63-51(37-21-9-3-10-22-37)60-52(64-54)38-23-11-4-12-24-38)30-32-47(43)65(46)56-58-44-26-14-13-25-41(44)55-57-45-27-15-16-28-48(45)66(55)56/h1-34,56,58H. The summed E-state index contributed by atoms with van der Waals surface area (Å²) in [4.78, 5) is 35.7. The molecule has 1 atom stereocenters. The maximum absolute atomic E-state index is 5.22. The molecule has 0 saturated heterocycles. The molecule has 0 saturated carbocycles. The average Bonchev–Trinajstić information content (AvgIpc) is 3.95. The average molecular weight is 849 g/mol. The molecule has 5 heterocycles. The molecule has 0 fully saturated rings. The normalized spacial score (nSPS) is 13.1. The number of imidazole rings is 1. The number of anilines is 1. The van der Waals surface area contributed by atoms with E-state index in [0.717, 1.165) is 83.3 Å². The van der Waals surface area contributed by atoms with Gasteiger partial charge in [-0.2, -0.15) is 0 Å². The van der Waals surface area contributed by atoms with Crippen molar-refractivity contribution in [2.24, 2.45) is 0 Å². The lowest BCUT2D eigenvalue weighted by Crippen LogP contribution is -2.29. The van der Waals surface area contributed by atoms with Crippen molar-refractivity contribution in [3.8, 4) is 79.7 Å². The third-order valence-corrected chi connectivity index (χ3v) is 12.3. The second-order valence-electron chi connectivity index (χ2n) is 16.3. The molecular formula is C56H36N10. The van der Waals surface area contributed by atoms with E-state index in [1.165, 1.54) is 0 Å². The minimum atomic E-state index is -0.378. The predicted octanol–water partition coefficient (Wildman–Crippen LogP) is 12.6. The van der Waals surface area contributed by atoms with Crippen molar-refractivity contribution in [3.63, 3.8) is 0 Å². The quantitative estimate of drug-likeness (QED) is 0.169. The van der Waals surface area contributed by atoms with Gasteiger partial charge in [-0.15, -0.1) is 0 Å². The molecule has 1 unspecified atom stereocenters. The van der Waals surface area contributed by atoms with E-state index in [1.807, 2.05) is 127 Å². The first-order valence-corrected chi connectivity index (χ1v) is 21.9. The molecule has 10 nitrogen and oxygen atoms in total. The Morgan fingerprint density at radius 2 is 0.712 bits per heavy atom. The van der Waals surface area contributed by atoms with Crippen molar-refractivity contribution in [3.05, 3.63) is 206 Å². The highest BCUT2D eigenvalue weighted by Gasteiger charge is 2.31. The van der Waals surface area contributed by atoms with Crippen LogP contribution in [0.25, 0.3) is 113 Å². The highest BCUT2D eigenvalue weighted by Crippen LogP contribution is 2.43. The summed E-state index contributed by atoms with van der Waals surface area (Å²) in [6.07, 6.45) is -0.378. The monoisotopic (exact) mass is 848 g/mol. The lowest BCUT2D eigenvalue weighted by molar-refractivity contribution is 0.520. The molecule has 0 aliphatic carbocycles. The van der Waals surface area contributed by atoms with Gasteiger partial charge >= 0.3 is 0 Å². The van der Waals surface area contributed by atoms with Gasteiger partial charge in [0.2, 0.25) is 0 Å². The summed E-state index contributed by atoms with van der Waals surface area (Å²) >= 11 is 0. The van der Waals surface area contributed by atoms with Gasteiger partial charge in [0.15, 0.2) is 41.2 Å². The van der Waals surface area contributed by atoms with Gasteiger partial charge < -0.3 is 9.88 Å². The van der Waals surface area contributed by atoms with Crippen LogP contribution in [0.1, 0.15) is 6.29 Å². The molecule has 1 aliphatic heterocycles. The van der Waals surface area contributed by atoms with Gasteiger partial charge in [0.05, 0.1) is 22.1 Å². The Hall–Kier alpha value is -9.15. The number of benzene rings is 8. The van der Waals surface area contributed by atoms with E-state index in [-0.39, 0.29) is 6.29 Å². The first-order chi connectivity index (χ1) is 32.7. The van der Waals surface area contributed by atoms with Crippen LogP contribution in [0.5, 0.6) is 0 Å². The van der Waals surface area contributed by atoms with Crippen molar-refractivity contribution in [2.75, 3.05) is 5.32 Å². The molecule has 0 bridgehead atoms. The van der Waals surface area contributed by atoms with Gasteiger partial charge in [-0.25, -0.2) is 34.9 Å². The van der Waals surface area contributed by atoms with Crippen LogP contribution in [0.3, 0.4) is 0 Å². The Balaban J connectivity index is 1.06. The van der Waals surface area contributed by atoms with Crippen LogP contribution in [-0.4, -0.2) is 44.0 Å². The van der Waals surface area contributed by atoms with Crippen molar-refractivity contribution < 1.29 is 0 Å². The van der Waals surface area contributed by atoms with Gasteiger partial charge in [-0.3, -0.25) is 4.57 Å². The van der Waals surface area contributed by atoms with Crippen LogP contribution in [-0.2, 0) is 0 Å². The summed E-state index contributed by atoms with van der Waals surface area (Å²) in [5, 5.41) is 5.96. The van der Waals surface area contributed by atoms with E-state index >= 15 is 0 Å². The Morgan fingerprint density at radius 3 is 1.18 bits per heavy atom. The molecule has 10 heteroatoms. The Bertz CT molecular complexity index is 3490. The Kier molecular flexibility index (Phi) is 8.66. The minimum Gasteiger partial charge on any atom is -0.347 e. The number of nitrogens with zero attached hydrogens (tertiary/aromatic N) is 9. The van der Waals surface area contributed by atoms with Crippen LogP contribution in [0.4, 0.5) is 5.69 Å². The zero-order valence-electron chi connectivity index (χ0n) is 35.2. The zero-order chi connectivity index (χ0) is 43.6. The first kappa shape index (κ1) is 37.4. The second kappa shape index (κ2) is 15.3. The van der Waals surface area contributed by atoms with Gasteiger partial charge in [0.1, 0.15) is 5.82 Å². The van der Waals surface area contributed by atoms with E-state index in [2.05, 4.69) is 93.3 Å². The molecule has 1 aliphatic rings. The molecule has 66 heavy (non-hydrogen) atoms. The Labute approximate surface area is 378 Å². The summed E-state index contributed by atoms with van der Waals surface area (Å²) in [7, 11) is 0. The van der Waals surface area contributed by atoms with E-state index in [1.54, 1.807) is 0 Å². The summed E-state index contributed by atoms with van der Waals surface area (Å²) in [5.41, 5.74) is 11.4. The van der Waals surface area contributed by atoms with E-state index in [4.69, 9.17) is 34.9 Å². The number of hydrogen-bond acceptors (Lipinski definition) is 8. The molecule has 1 N–H and O–H groups in total. The zero-order valence-corrected chi connectivity index (χ0v) is 35.2. The fourth-order valence-electron chi connectivity index (χ4n) is 9.14. The number of rotatable bonds is 7. The van der Waals surface area contributed by atoms with Gasteiger partial charge in [-0.1, -0.05) is 146 Å². The third kappa shape index (κ3) is 6.30. The van der Waals surface area contributed by atoms with Gasteiger partial charge in [-0.05, 0) is 60.7 Å². The van der Waals surface area contributed by atoms with Crippen LogP contribution in [0, 0.1) is 0 Å². The highest BCUT2D eigenvalue weighted by molar-refractivity contribution is 6.10. The Morgan fingerprint density at radius 1 is 0.318 bits per heavy atom. The molecule has 310 valence electrons. The van der Waals surface area contributed by atoms with E-state index in [9.17, 15) is 0 Å². The summed E-state index contributed by atoms with van der Waals surface area (Å²) < 4.78 is 4.69. The van der Waals surface area contributed by atoms with Crippen molar-refractivity contribution in [1.29, 1.82) is 0 Å². The molecule has 12 aromatic rings. The smallest absolute Gasteiger partial charge is 0.188 e. The van der Waals surface area contributed by atoms with E-state index < -0.39 is 0 Å². The van der Waals surface area contributed by atoms with Crippen LogP contribution in [0.2, 0.25) is 0 Å².